The largest absolute Gasteiger partial charge is 0.496 e. The molecule has 5 nitrogen and oxygen atoms in total. The molecule has 0 amide bonds. The first kappa shape index (κ1) is 14.9. The molecule has 0 aliphatic rings. The van der Waals surface area contributed by atoms with Gasteiger partial charge < -0.3 is 10.1 Å². The third-order valence-corrected chi connectivity index (χ3v) is 3.93. The van der Waals surface area contributed by atoms with E-state index in [4.69, 9.17) is 4.74 Å². The minimum Gasteiger partial charge on any atom is -0.496 e. The van der Waals surface area contributed by atoms with E-state index in [-0.39, 0.29) is 4.90 Å². The lowest BCUT2D eigenvalue weighted by Gasteiger charge is -2.11. The molecule has 102 valence electrons. The average Bonchev–Trinajstić information content (AvgIpc) is 2.36. The summed E-state index contributed by atoms with van der Waals surface area (Å²) < 4.78 is 31.7. The minimum absolute atomic E-state index is 0.266. The van der Waals surface area contributed by atoms with Crippen LogP contribution in [0.1, 0.15) is 18.9 Å². The van der Waals surface area contributed by atoms with Crippen LogP contribution in [0.5, 0.6) is 5.75 Å². The van der Waals surface area contributed by atoms with Gasteiger partial charge in [0.2, 0.25) is 10.0 Å². The molecule has 0 unspecified atom stereocenters. The van der Waals surface area contributed by atoms with Crippen molar-refractivity contribution in [3.63, 3.8) is 0 Å². The summed E-state index contributed by atoms with van der Waals surface area (Å²) in [7, 11) is -0.0526. The zero-order valence-corrected chi connectivity index (χ0v) is 11.8. The number of nitrogens with one attached hydrogen (secondary N) is 2. The molecule has 0 fully saturated rings. The second kappa shape index (κ2) is 6.72. The van der Waals surface area contributed by atoms with Crippen molar-refractivity contribution >= 4 is 10.0 Å². The first-order valence-corrected chi connectivity index (χ1v) is 7.34. The van der Waals surface area contributed by atoms with Crippen molar-refractivity contribution in [2.75, 3.05) is 20.7 Å². The van der Waals surface area contributed by atoms with Crippen LogP contribution < -0.4 is 14.8 Å². The Bertz CT molecular complexity index is 486. The van der Waals surface area contributed by atoms with Crippen LogP contribution in [0.25, 0.3) is 0 Å². The number of hydrogen-bond acceptors (Lipinski definition) is 4. The Hall–Kier alpha value is -1.11. The summed E-state index contributed by atoms with van der Waals surface area (Å²) in [6.07, 6.45) is 0.763. The number of ether oxygens (including phenoxy) is 1. The van der Waals surface area contributed by atoms with Crippen molar-refractivity contribution in [2.24, 2.45) is 0 Å². The summed E-state index contributed by atoms with van der Waals surface area (Å²) in [5.74, 6) is 0.679. The Morgan fingerprint density at radius 2 is 2.06 bits per heavy atom. The van der Waals surface area contributed by atoms with E-state index in [1.54, 1.807) is 32.4 Å². The number of benzene rings is 1. The van der Waals surface area contributed by atoms with E-state index in [9.17, 15) is 8.42 Å². The number of methoxy groups -OCH3 is 1. The summed E-state index contributed by atoms with van der Waals surface area (Å²) in [5, 5.41) is 2.99. The van der Waals surface area contributed by atoms with Crippen LogP contribution in [0.2, 0.25) is 0 Å². The molecule has 0 saturated heterocycles. The fraction of sp³-hybridized carbons (Fsp3) is 0.500. The normalized spacial score (nSPS) is 11.5. The molecule has 0 aromatic heterocycles. The van der Waals surface area contributed by atoms with Gasteiger partial charge in [-0.15, -0.1) is 0 Å². The van der Waals surface area contributed by atoms with E-state index in [0.717, 1.165) is 12.0 Å². The summed E-state index contributed by atoms with van der Waals surface area (Å²) in [6, 6.07) is 4.86. The predicted molar refractivity (Wildman–Crippen MR) is 71.2 cm³/mol. The van der Waals surface area contributed by atoms with Crippen molar-refractivity contribution in [3.8, 4) is 5.75 Å². The third-order valence-electron chi connectivity index (χ3n) is 2.47. The van der Waals surface area contributed by atoms with Gasteiger partial charge in [-0.1, -0.05) is 6.92 Å². The van der Waals surface area contributed by atoms with Crippen LogP contribution in [-0.4, -0.2) is 29.1 Å². The Kier molecular flexibility index (Phi) is 5.58. The van der Waals surface area contributed by atoms with Crippen molar-refractivity contribution in [3.05, 3.63) is 23.8 Å². The quantitative estimate of drug-likeness (QED) is 0.780. The molecule has 1 aromatic carbocycles. The molecule has 0 radical (unpaired) electrons. The second-order valence-corrected chi connectivity index (χ2v) is 5.67. The summed E-state index contributed by atoms with van der Waals surface area (Å²) in [5.41, 5.74) is 0.819. The van der Waals surface area contributed by atoms with Crippen LogP contribution in [-0.2, 0) is 16.6 Å². The molecule has 0 spiro atoms. The zero-order chi connectivity index (χ0) is 13.6. The van der Waals surface area contributed by atoms with Gasteiger partial charge in [0.15, 0.2) is 0 Å². The summed E-state index contributed by atoms with van der Waals surface area (Å²) >= 11 is 0. The van der Waals surface area contributed by atoms with Gasteiger partial charge >= 0.3 is 0 Å². The standard InChI is InChI=1S/C12H20N2O3S/c1-4-7-14-18(15,16)11-5-6-12(17-3)10(8-11)9-13-2/h5-6,8,13-14H,4,7,9H2,1-3H3. The van der Waals surface area contributed by atoms with Gasteiger partial charge in [0.1, 0.15) is 5.75 Å². The lowest BCUT2D eigenvalue weighted by atomic mass is 10.2. The molecule has 0 heterocycles. The second-order valence-electron chi connectivity index (χ2n) is 3.90. The monoisotopic (exact) mass is 272 g/mol. The van der Waals surface area contributed by atoms with Gasteiger partial charge in [-0.05, 0) is 31.7 Å². The van der Waals surface area contributed by atoms with E-state index in [1.807, 2.05) is 6.92 Å². The maximum Gasteiger partial charge on any atom is 0.240 e. The highest BCUT2D eigenvalue weighted by atomic mass is 32.2. The highest BCUT2D eigenvalue weighted by Gasteiger charge is 2.15. The van der Waals surface area contributed by atoms with Gasteiger partial charge in [-0.25, -0.2) is 13.1 Å². The Morgan fingerprint density at radius 3 is 2.61 bits per heavy atom. The van der Waals surface area contributed by atoms with Gasteiger partial charge in [0.25, 0.3) is 0 Å². The lowest BCUT2D eigenvalue weighted by molar-refractivity contribution is 0.408. The molecule has 6 heteroatoms. The van der Waals surface area contributed by atoms with Crippen LogP contribution in [0.4, 0.5) is 0 Å². The van der Waals surface area contributed by atoms with Crippen LogP contribution in [0.3, 0.4) is 0 Å². The van der Waals surface area contributed by atoms with Crippen LogP contribution in [0, 0.1) is 0 Å². The Labute approximate surface area is 109 Å². The molecule has 0 saturated carbocycles. The first-order chi connectivity index (χ1) is 8.55. The highest BCUT2D eigenvalue weighted by Crippen LogP contribution is 2.22. The molecule has 0 aliphatic heterocycles. The van der Waals surface area contributed by atoms with E-state index in [2.05, 4.69) is 10.0 Å². The van der Waals surface area contributed by atoms with Gasteiger partial charge in [0, 0.05) is 18.7 Å². The number of sulfonamides is 1. The van der Waals surface area contributed by atoms with E-state index < -0.39 is 10.0 Å². The van der Waals surface area contributed by atoms with Crippen molar-refractivity contribution in [1.29, 1.82) is 0 Å². The Balaban J connectivity index is 3.07. The fourth-order valence-electron chi connectivity index (χ4n) is 1.57. The molecule has 0 aliphatic carbocycles. The molecule has 18 heavy (non-hydrogen) atoms. The topological polar surface area (TPSA) is 67.4 Å². The van der Waals surface area contributed by atoms with Gasteiger partial charge in [0.05, 0.1) is 12.0 Å². The molecule has 1 rings (SSSR count). The first-order valence-electron chi connectivity index (χ1n) is 5.86. The third kappa shape index (κ3) is 3.69. The van der Waals surface area contributed by atoms with Crippen molar-refractivity contribution in [2.45, 2.75) is 24.8 Å². The van der Waals surface area contributed by atoms with Crippen molar-refractivity contribution < 1.29 is 13.2 Å². The predicted octanol–water partition coefficient (Wildman–Crippen LogP) is 1.10. The molecule has 1 aromatic rings. The average molecular weight is 272 g/mol. The molecular formula is C12H20N2O3S. The van der Waals surface area contributed by atoms with E-state index in [0.29, 0.717) is 18.8 Å². The smallest absolute Gasteiger partial charge is 0.240 e. The molecule has 2 N–H and O–H groups in total. The zero-order valence-electron chi connectivity index (χ0n) is 11.0. The maximum absolute atomic E-state index is 12.0. The summed E-state index contributed by atoms with van der Waals surface area (Å²) in [4.78, 5) is 0.266. The number of hydrogen-bond donors (Lipinski definition) is 2. The van der Waals surface area contributed by atoms with Gasteiger partial charge in [-0.2, -0.15) is 0 Å². The SMILES string of the molecule is CCCNS(=O)(=O)c1ccc(OC)c(CNC)c1. The molecule has 0 atom stereocenters. The van der Waals surface area contributed by atoms with E-state index >= 15 is 0 Å². The number of rotatable bonds is 7. The van der Waals surface area contributed by atoms with Gasteiger partial charge in [-0.3, -0.25) is 0 Å². The maximum atomic E-state index is 12.0. The van der Waals surface area contributed by atoms with Crippen LogP contribution >= 0.6 is 0 Å². The fourth-order valence-corrected chi connectivity index (χ4v) is 2.75. The Morgan fingerprint density at radius 1 is 1.33 bits per heavy atom. The van der Waals surface area contributed by atoms with E-state index in [1.165, 1.54) is 0 Å². The van der Waals surface area contributed by atoms with Crippen LogP contribution in [0.15, 0.2) is 23.1 Å². The highest BCUT2D eigenvalue weighted by molar-refractivity contribution is 7.89. The molecule has 0 bridgehead atoms. The summed E-state index contributed by atoms with van der Waals surface area (Å²) in [6.45, 7) is 2.92. The lowest BCUT2D eigenvalue weighted by Crippen LogP contribution is -2.24. The minimum atomic E-state index is -3.42. The molecular weight excluding hydrogens is 252 g/mol. The van der Waals surface area contributed by atoms with Crippen molar-refractivity contribution in [1.82, 2.24) is 10.0 Å².